The average Bonchev–Trinajstić information content (AvgIpc) is 2.85. The molecule has 3 rings (SSSR count). The maximum atomic E-state index is 13.7. The van der Waals surface area contributed by atoms with E-state index >= 15 is 0 Å². The number of fused-ring (bicyclic) bond motifs is 1. The van der Waals surface area contributed by atoms with Crippen LogP contribution in [-0.2, 0) is 7.05 Å². The second kappa shape index (κ2) is 4.92. The van der Waals surface area contributed by atoms with Gasteiger partial charge in [-0.05, 0) is 34.1 Å². The fraction of sp³-hybridized carbons (Fsp3) is 0.0714. The molecule has 0 spiro atoms. The molecule has 0 atom stereocenters. The summed E-state index contributed by atoms with van der Waals surface area (Å²) in [6.07, 6.45) is 1.59. The molecule has 21 heavy (non-hydrogen) atoms. The summed E-state index contributed by atoms with van der Waals surface area (Å²) in [5.41, 5.74) is 1.44. The van der Waals surface area contributed by atoms with E-state index in [0.29, 0.717) is 16.8 Å². The average molecular weight is 350 g/mol. The standard InChI is InChI=1S/C14H9BrFN3O2/c1-19-13(2-3-17-19)12-5-8(14(20)21)7-4-9(15)10(16)6-11(7)18-12/h2-6H,1H3,(H,20,21). The van der Waals surface area contributed by atoms with Gasteiger partial charge in [0.15, 0.2) is 0 Å². The molecule has 1 aromatic carbocycles. The fourth-order valence-electron chi connectivity index (χ4n) is 2.15. The van der Waals surface area contributed by atoms with Crippen LogP contribution in [0.1, 0.15) is 10.4 Å². The van der Waals surface area contributed by atoms with Crippen molar-refractivity contribution in [2.75, 3.05) is 0 Å². The van der Waals surface area contributed by atoms with Gasteiger partial charge >= 0.3 is 5.97 Å². The Balaban J connectivity index is 2.37. The highest BCUT2D eigenvalue weighted by Gasteiger charge is 2.16. The molecule has 5 nitrogen and oxygen atoms in total. The van der Waals surface area contributed by atoms with E-state index in [9.17, 15) is 14.3 Å². The first kappa shape index (κ1) is 13.7. The molecule has 3 aromatic rings. The van der Waals surface area contributed by atoms with Gasteiger partial charge in [0.05, 0.1) is 26.9 Å². The first-order valence-corrected chi connectivity index (χ1v) is 6.78. The minimum atomic E-state index is -1.09. The molecule has 2 aromatic heterocycles. The Hall–Kier alpha value is -2.28. The molecule has 0 saturated carbocycles. The molecule has 0 unspecified atom stereocenters. The van der Waals surface area contributed by atoms with E-state index in [1.807, 2.05) is 0 Å². The maximum absolute atomic E-state index is 13.7. The lowest BCUT2D eigenvalue weighted by Crippen LogP contribution is -2.02. The van der Waals surface area contributed by atoms with Gasteiger partial charge in [0.25, 0.3) is 0 Å². The molecule has 0 aliphatic heterocycles. The fourth-order valence-corrected chi connectivity index (χ4v) is 2.50. The number of carbonyl (C=O) groups is 1. The van der Waals surface area contributed by atoms with Gasteiger partial charge in [0.1, 0.15) is 5.82 Å². The Morgan fingerprint density at radius 3 is 2.76 bits per heavy atom. The van der Waals surface area contributed by atoms with Crippen LogP contribution in [0.4, 0.5) is 4.39 Å². The molecule has 1 N–H and O–H groups in total. The van der Waals surface area contributed by atoms with Crippen LogP contribution in [0.2, 0.25) is 0 Å². The van der Waals surface area contributed by atoms with E-state index in [4.69, 9.17) is 0 Å². The summed E-state index contributed by atoms with van der Waals surface area (Å²) in [5.74, 6) is -1.59. The van der Waals surface area contributed by atoms with Crippen molar-refractivity contribution in [2.45, 2.75) is 0 Å². The zero-order valence-electron chi connectivity index (χ0n) is 10.8. The maximum Gasteiger partial charge on any atom is 0.336 e. The summed E-state index contributed by atoms with van der Waals surface area (Å²) >= 11 is 3.06. The minimum absolute atomic E-state index is 0.0666. The summed E-state index contributed by atoms with van der Waals surface area (Å²) < 4.78 is 15.5. The Bertz CT molecular complexity index is 876. The van der Waals surface area contributed by atoms with Gasteiger partial charge in [-0.2, -0.15) is 5.10 Å². The Morgan fingerprint density at radius 1 is 1.38 bits per heavy atom. The predicted octanol–water partition coefficient (Wildman–Crippen LogP) is 3.24. The number of aromatic carboxylic acids is 1. The van der Waals surface area contributed by atoms with Crippen molar-refractivity contribution < 1.29 is 14.3 Å². The smallest absolute Gasteiger partial charge is 0.336 e. The summed E-state index contributed by atoms with van der Waals surface area (Å²) in [6, 6.07) is 5.82. The molecule has 106 valence electrons. The van der Waals surface area contributed by atoms with Crippen molar-refractivity contribution in [3.05, 3.63) is 46.3 Å². The van der Waals surface area contributed by atoms with Crippen molar-refractivity contribution in [1.29, 1.82) is 0 Å². The summed E-state index contributed by atoms with van der Waals surface area (Å²) in [6.45, 7) is 0. The first-order chi connectivity index (χ1) is 9.97. The van der Waals surface area contributed by atoms with Crippen LogP contribution in [0.5, 0.6) is 0 Å². The number of benzene rings is 1. The lowest BCUT2D eigenvalue weighted by molar-refractivity contribution is 0.0699. The molecule has 0 amide bonds. The zero-order chi connectivity index (χ0) is 15.1. The van der Waals surface area contributed by atoms with Crippen LogP contribution < -0.4 is 0 Å². The van der Waals surface area contributed by atoms with Crippen LogP contribution >= 0.6 is 15.9 Å². The van der Waals surface area contributed by atoms with Gasteiger partial charge in [-0.25, -0.2) is 14.2 Å². The first-order valence-electron chi connectivity index (χ1n) is 5.99. The lowest BCUT2D eigenvalue weighted by Gasteiger charge is -2.08. The number of hydrogen-bond donors (Lipinski definition) is 1. The summed E-state index contributed by atoms with van der Waals surface area (Å²) in [4.78, 5) is 15.8. The van der Waals surface area contributed by atoms with E-state index in [1.165, 1.54) is 18.2 Å². The Morgan fingerprint density at radius 2 is 2.14 bits per heavy atom. The van der Waals surface area contributed by atoms with Gasteiger partial charge in [-0.1, -0.05) is 0 Å². The molecule has 0 saturated heterocycles. The molecule has 0 bridgehead atoms. The number of pyridine rings is 1. The molecular weight excluding hydrogens is 341 g/mol. The zero-order valence-corrected chi connectivity index (χ0v) is 12.4. The van der Waals surface area contributed by atoms with Crippen molar-refractivity contribution in [3.8, 4) is 11.4 Å². The molecule has 0 radical (unpaired) electrons. The largest absolute Gasteiger partial charge is 0.478 e. The number of carboxylic acids is 1. The molecule has 0 aliphatic rings. The molecule has 0 fully saturated rings. The monoisotopic (exact) mass is 349 g/mol. The van der Waals surface area contributed by atoms with Crippen molar-refractivity contribution in [1.82, 2.24) is 14.8 Å². The van der Waals surface area contributed by atoms with Gasteiger partial charge < -0.3 is 5.11 Å². The number of aromatic nitrogens is 3. The third-order valence-electron chi connectivity index (χ3n) is 3.16. The van der Waals surface area contributed by atoms with Crippen LogP contribution in [0.15, 0.2) is 34.9 Å². The predicted molar refractivity (Wildman–Crippen MR) is 78.6 cm³/mol. The van der Waals surface area contributed by atoms with E-state index < -0.39 is 11.8 Å². The second-order valence-electron chi connectivity index (χ2n) is 4.48. The molecule has 7 heteroatoms. The highest BCUT2D eigenvalue weighted by atomic mass is 79.9. The number of carboxylic acid groups (broad SMARTS) is 1. The van der Waals surface area contributed by atoms with Gasteiger partial charge in [-0.15, -0.1) is 0 Å². The number of aryl methyl sites for hydroxylation is 1. The molecule has 0 aliphatic carbocycles. The quantitative estimate of drug-likeness (QED) is 0.771. The third kappa shape index (κ3) is 2.29. The van der Waals surface area contributed by atoms with Gasteiger partial charge in [-0.3, -0.25) is 4.68 Å². The normalized spacial score (nSPS) is 11.0. The number of hydrogen-bond acceptors (Lipinski definition) is 3. The van der Waals surface area contributed by atoms with E-state index in [0.717, 1.165) is 0 Å². The van der Waals surface area contributed by atoms with Crippen molar-refractivity contribution in [3.63, 3.8) is 0 Å². The lowest BCUT2D eigenvalue weighted by atomic mass is 10.1. The number of nitrogens with zero attached hydrogens (tertiary/aromatic N) is 3. The Kier molecular flexibility index (Phi) is 3.21. The highest BCUT2D eigenvalue weighted by Crippen LogP contribution is 2.28. The van der Waals surface area contributed by atoms with E-state index in [1.54, 1.807) is 24.0 Å². The summed E-state index contributed by atoms with van der Waals surface area (Å²) in [5, 5.41) is 13.8. The summed E-state index contributed by atoms with van der Waals surface area (Å²) in [7, 11) is 1.73. The van der Waals surface area contributed by atoms with Crippen LogP contribution in [0.25, 0.3) is 22.3 Å². The van der Waals surface area contributed by atoms with Crippen LogP contribution in [-0.4, -0.2) is 25.8 Å². The Labute approximate surface area is 127 Å². The van der Waals surface area contributed by atoms with E-state index in [2.05, 4.69) is 26.0 Å². The van der Waals surface area contributed by atoms with Crippen molar-refractivity contribution in [2.24, 2.45) is 7.05 Å². The topological polar surface area (TPSA) is 68.0 Å². The SMILES string of the molecule is Cn1nccc1-c1cc(C(=O)O)c2cc(Br)c(F)cc2n1. The second-order valence-corrected chi connectivity index (χ2v) is 5.34. The van der Waals surface area contributed by atoms with Crippen molar-refractivity contribution >= 4 is 32.8 Å². The molecule has 2 heterocycles. The third-order valence-corrected chi connectivity index (χ3v) is 3.77. The number of halogens is 2. The molecular formula is C14H9BrFN3O2. The number of rotatable bonds is 2. The van der Waals surface area contributed by atoms with Crippen LogP contribution in [0, 0.1) is 5.82 Å². The minimum Gasteiger partial charge on any atom is -0.478 e. The highest BCUT2D eigenvalue weighted by molar-refractivity contribution is 9.10. The van der Waals surface area contributed by atoms with E-state index in [-0.39, 0.29) is 15.6 Å². The van der Waals surface area contributed by atoms with Gasteiger partial charge in [0, 0.05) is 24.7 Å². The van der Waals surface area contributed by atoms with Gasteiger partial charge in [0.2, 0.25) is 0 Å². The van der Waals surface area contributed by atoms with Crippen LogP contribution in [0.3, 0.4) is 0 Å².